The van der Waals surface area contributed by atoms with Crippen molar-refractivity contribution in [2.24, 2.45) is 0 Å². The molecule has 0 atom stereocenters. The van der Waals surface area contributed by atoms with Crippen molar-refractivity contribution >= 4 is 16.9 Å². The fourth-order valence-corrected chi connectivity index (χ4v) is 3.27. The molecule has 0 aliphatic carbocycles. The number of nitrogens with zero attached hydrogens (tertiary/aromatic N) is 1. The molecule has 0 fully saturated rings. The number of aryl methyl sites for hydroxylation is 2. The molecule has 0 unspecified atom stereocenters. The quantitative estimate of drug-likeness (QED) is 0.727. The van der Waals surface area contributed by atoms with E-state index in [9.17, 15) is 9.90 Å². The van der Waals surface area contributed by atoms with Crippen LogP contribution < -0.4 is 14.2 Å². The van der Waals surface area contributed by atoms with Crippen LogP contribution in [0.25, 0.3) is 22.2 Å². The number of hydrogen-bond acceptors (Lipinski definition) is 5. The van der Waals surface area contributed by atoms with Crippen molar-refractivity contribution in [2.75, 3.05) is 21.3 Å². The molecule has 1 heterocycles. The highest BCUT2D eigenvalue weighted by atomic mass is 16.5. The van der Waals surface area contributed by atoms with E-state index in [1.54, 1.807) is 12.1 Å². The maximum atomic E-state index is 12.0. The minimum absolute atomic E-state index is 0.0905. The van der Waals surface area contributed by atoms with Gasteiger partial charge >= 0.3 is 5.97 Å². The van der Waals surface area contributed by atoms with Gasteiger partial charge in [0.05, 0.1) is 43.5 Å². The van der Waals surface area contributed by atoms with E-state index < -0.39 is 5.97 Å². The first-order valence-corrected chi connectivity index (χ1v) is 8.35. The monoisotopic (exact) mass is 367 g/mol. The molecule has 0 bridgehead atoms. The first-order valence-electron chi connectivity index (χ1n) is 8.35. The molecule has 6 nitrogen and oxygen atoms in total. The zero-order chi connectivity index (χ0) is 19.7. The van der Waals surface area contributed by atoms with E-state index in [1.165, 1.54) is 21.3 Å². The van der Waals surface area contributed by atoms with Crippen molar-refractivity contribution in [1.29, 1.82) is 0 Å². The van der Waals surface area contributed by atoms with Crippen LogP contribution in [0.15, 0.2) is 30.3 Å². The minimum Gasteiger partial charge on any atom is -0.493 e. The predicted molar refractivity (Wildman–Crippen MR) is 103 cm³/mol. The number of hydrogen-bond donors (Lipinski definition) is 1. The summed E-state index contributed by atoms with van der Waals surface area (Å²) >= 11 is 0. The number of benzene rings is 2. The number of rotatable bonds is 5. The van der Waals surface area contributed by atoms with E-state index in [2.05, 4.69) is 0 Å². The summed E-state index contributed by atoms with van der Waals surface area (Å²) in [5, 5.41) is 10.2. The molecule has 0 saturated carbocycles. The molecule has 3 aromatic rings. The average Bonchev–Trinajstić information content (AvgIpc) is 2.65. The summed E-state index contributed by atoms with van der Waals surface area (Å²) in [5.41, 5.74) is 4.15. The molecule has 2 aromatic carbocycles. The highest BCUT2D eigenvalue weighted by Crippen LogP contribution is 2.45. The molecule has 0 aliphatic rings. The summed E-state index contributed by atoms with van der Waals surface area (Å²) in [5.74, 6) is -0.0394. The molecule has 0 amide bonds. The molecule has 0 saturated heterocycles. The second-order valence-electron chi connectivity index (χ2n) is 6.22. The lowest BCUT2D eigenvalue weighted by atomic mass is 9.99. The SMILES string of the molecule is COc1cc2nc(-c3ccc(C)cc3C)cc(C(=O)O)c2c(OC)c1OC. The summed E-state index contributed by atoms with van der Waals surface area (Å²) in [6.07, 6.45) is 0. The van der Waals surface area contributed by atoms with Crippen molar-refractivity contribution in [3.05, 3.63) is 47.0 Å². The van der Waals surface area contributed by atoms with Gasteiger partial charge in [0.2, 0.25) is 5.75 Å². The third-order valence-corrected chi connectivity index (χ3v) is 4.49. The molecule has 3 rings (SSSR count). The van der Waals surface area contributed by atoms with E-state index in [1.807, 2.05) is 32.0 Å². The van der Waals surface area contributed by atoms with E-state index >= 15 is 0 Å². The molecule has 0 radical (unpaired) electrons. The van der Waals surface area contributed by atoms with E-state index in [4.69, 9.17) is 19.2 Å². The Balaban J connectivity index is 2.42. The van der Waals surface area contributed by atoms with Gasteiger partial charge in [0.15, 0.2) is 11.5 Å². The van der Waals surface area contributed by atoms with Crippen LogP contribution in [-0.4, -0.2) is 37.4 Å². The smallest absolute Gasteiger partial charge is 0.336 e. The van der Waals surface area contributed by atoms with Gasteiger partial charge in [-0.25, -0.2) is 9.78 Å². The van der Waals surface area contributed by atoms with Gasteiger partial charge in [-0.2, -0.15) is 0 Å². The summed E-state index contributed by atoms with van der Waals surface area (Å²) in [6.45, 7) is 3.99. The van der Waals surface area contributed by atoms with Gasteiger partial charge in [-0.05, 0) is 25.5 Å². The Morgan fingerprint density at radius 2 is 1.67 bits per heavy atom. The second-order valence-corrected chi connectivity index (χ2v) is 6.22. The average molecular weight is 367 g/mol. The number of aromatic nitrogens is 1. The number of pyridine rings is 1. The van der Waals surface area contributed by atoms with Gasteiger partial charge < -0.3 is 19.3 Å². The number of carbonyl (C=O) groups is 1. The number of methoxy groups -OCH3 is 3. The van der Waals surface area contributed by atoms with Gasteiger partial charge in [0.25, 0.3) is 0 Å². The molecule has 6 heteroatoms. The number of carboxylic acids is 1. The minimum atomic E-state index is -1.07. The molecule has 27 heavy (non-hydrogen) atoms. The Kier molecular flexibility index (Phi) is 4.90. The predicted octanol–water partition coefficient (Wildman–Crippen LogP) is 4.24. The normalized spacial score (nSPS) is 10.7. The molecule has 1 N–H and O–H groups in total. The molecule has 140 valence electrons. The van der Waals surface area contributed by atoms with Crippen LogP contribution in [0.4, 0.5) is 0 Å². The highest BCUT2D eigenvalue weighted by molar-refractivity contribution is 6.08. The maximum Gasteiger partial charge on any atom is 0.336 e. The van der Waals surface area contributed by atoms with Crippen molar-refractivity contribution in [3.8, 4) is 28.5 Å². The van der Waals surface area contributed by atoms with E-state index in [0.717, 1.165) is 16.7 Å². The molecule has 0 spiro atoms. The number of ether oxygens (including phenoxy) is 3. The third-order valence-electron chi connectivity index (χ3n) is 4.49. The van der Waals surface area contributed by atoms with Crippen LogP contribution in [0.1, 0.15) is 21.5 Å². The Morgan fingerprint density at radius 3 is 2.22 bits per heavy atom. The largest absolute Gasteiger partial charge is 0.493 e. The van der Waals surface area contributed by atoms with Gasteiger partial charge in [-0.3, -0.25) is 0 Å². The Bertz CT molecular complexity index is 1040. The van der Waals surface area contributed by atoms with Crippen molar-refractivity contribution in [3.63, 3.8) is 0 Å². The molecule has 0 aliphatic heterocycles. The van der Waals surface area contributed by atoms with E-state index in [0.29, 0.717) is 28.1 Å². The lowest BCUT2D eigenvalue weighted by molar-refractivity contribution is 0.0698. The lowest BCUT2D eigenvalue weighted by Gasteiger charge is -2.17. The fraction of sp³-hybridized carbons (Fsp3) is 0.238. The fourth-order valence-electron chi connectivity index (χ4n) is 3.27. The Hall–Kier alpha value is -3.28. The zero-order valence-electron chi connectivity index (χ0n) is 15.9. The number of aromatic carboxylic acids is 1. The molecular weight excluding hydrogens is 346 g/mol. The topological polar surface area (TPSA) is 77.9 Å². The van der Waals surface area contributed by atoms with Crippen molar-refractivity contribution in [1.82, 2.24) is 4.98 Å². The lowest BCUT2D eigenvalue weighted by Crippen LogP contribution is -2.04. The second kappa shape index (κ2) is 7.15. The van der Waals surface area contributed by atoms with E-state index in [-0.39, 0.29) is 11.3 Å². The van der Waals surface area contributed by atoms with Crippen LogP contribution in [0.2, 0.25) is 0 Å². The zero-order valence-corrected chi connectivity index (χ0v) is 15.9. The Labute approximate surface area is 157 Å². The Morgan fingerprint density at radius 1 is 0.963 bits per heavy atom. The van der Waals surface area contributed by atoms with Gasteiger partial charge in [-0.15, -0.1) is 0 Å². The number of fused-ring (bicyclic) bond motifs is 1. The maximum absolute atomic E-state index is 12.0. The molecule has 1 aromatic heterocycles. The summed E-state index contributed by atoms with van der Waals surface area (Å²) in [6, 6.07) is 9.19. The van der Waals surface area contributed by atoms with Crippen LogP contribution in [-0.2, 0) is 0 Å². The van der Waals surface area contributed by atoms with Crippen LogP contribution >= 0.6 is 0 Å². The van der Waals surface area contributed by atoms with Gasteiger partial charge in [0.1, 0.15) is 0 Å². The first-order chi connectivity index (χ1) is 12.9. The van der Waals surface area contributed by atoms with Gasteiger partial charge in [0, 0.05) is 11.6 Å². The van der Waals surface area contributed by atoms with Crippen LogP contribution in [0, 0.1) is 13.8 Å². The standard InChI is InChI=1S/C21H21NO5/c1-11-6-7-13(12(2)8-11)15-9-14(21(23)24)18-16(22-15)10-17(25-3)19(26-4)20(18)27-5/h6-10H,1-5H3,(H,23,24). The van der Waals surface area contributed by atoms with Crippen LogP contribution in [0.5, 0.6) is 17.2 Å². The summed E-state index contributed by atoms with van der Waals surface area (Å²) in [4.78, 5) is 16.7. The summed E-state index contributed by atoms with van der Waals surface area (Å²) < 4.78 is 16.2. The highest BCUT2D eigenvalue weighted by Gasteiger charge is 2.23. The molecular formula is C21H21NO5. The first kappa shape index (κ1) is 18.5. The van der Waals surface area contributed by atoms with Crippen LogP contribution in [0.3, 0.4) is 0 Å². The van der Waals surface area contributed by atoms with Crippen molar-refractivity contribution in [2.45, 2.75) is 13.8 Å². The van der Waals surface area contributed by atoms with Crippen molar-refractivity contribution < 1.29 is 24.1 Å². The van der Waals surface area contributed by atoms with Gasteiger partial charge in [-0.1, -0.05) is 23.8 Å². The third kappa shape index (κ3) is 3.14. The number of carboxylic acid groups (broad SMARTS) is 1. The summed E-state index contributed by atoms with van der Waals surface area (Å²) in [7, 11) is 4.44.